The molecule has 3 aliphatic heterocycles. The van der Waals surface area contributed by atoms with Crippen molar-refractivity contribution >= 4 is 16.7 Å². The van der Waals surface area contributed by atoms with Gasteiger partial charge in [-0.1, -0.05) is 6.42 Å². The molecule has 1 aromatic carbocycles. The van der Waals surface area contributed by atoms with Gasteiger partial charge in [0.2, 0.25) is 0 Å². The third kappa shape index (κ3) is 3.53. The van der Waals surface area contributed by atoms with E-state index >= 15 is 0 Å². The first-order chi connectivity index (χ1) is 14.8. The molecule has 1 aromatic heterocycles. The minimum absolute atomic E-state index is 0.733. The van der Waals surface area contributed by atoms with Crippen LogP contribution in [0.4, 0.5) is 5.69 Å². The highest BCUT2D eigenvalue weighted by Gasteiger charge is 2.28. The maximum atomic E-state index is 5.53. The second-order valence-corrected chi connectivity index (χ2v) is 9.59. The van der Waals surface area contributed by atoms with Crippen molar-refractivity contribution in [2.24, 2.45) is 0 Å². The zero-order valence-corrected chi connectivity index (χ0v) is 18.1. The summed E-state index contributed by atoms with van der Waals surface area (Å²) in [5, 5.41) is 0. The normalized spacial score (nSPS) is 25.3. The number of hydrogen-bond acceptors (Lipinski definition) is 5. The molecule has 0 amide bonds. The zero-order valence-electron chi connectivity index (χ0n) is 18.1. The van der Waals surface area contributed by atoms with E-state index < -0.39 is 0 Å². The lowest BCUT2D eigenvalue weighted by atomic mass is 9.91. The van der Waals surface area contributed by atoms with Gasteiger partial charge >= 0.3 is 0 Å². The van der Waals surface area contributed by atoms with Gasteiger partial charge in [0.05, 0.1) is 24.2 Å². The van der Waals surface area contributed by atoms with Crippen molar-refractivity contribution in [1.82, 2.24) is 19.4 Å². The van der Waals surface area contributed by atoms with Gasteiger partial charge in [0.25, 0.3) is 0 Å². The van der Waals surface area contributed by atoms with Crippen LogP contribution in [0.3, 0.4) is 0 Å². The Morgan fingerprint density at radius 3 is 2.33 bits per heavy atom. The average Bonchev–Trinajstić information content (AvgIpc) is 2.99. The molecule has 1 saturated carbocycles. The molecule has 0 unspecified atom stereocenters. The zero-order chi connectivity index (χ0) is 19.9. The Labute approximate surface area is 179 Å². The van der Waals surface area contributed by atoms with Crippen LogP contribution in [0.25, 0.3) is 11.0 Å². The maximum Gasteiger partial charge on any atom is 0.111 e. The van der Waals surface area contributed by atoms with E-state index in [2.05, 4.69) is 37.5 Å². The number of nitrogens with zero attached hydrogens (tertiary/aromatic N) is 5. The number of aromatic nitrogens is 2. The van der Waals surface area contributed by atoms with Crippen LogP contribution in [0, 0.1) is 0 Å². The van der Waals surface area contributed by atoms with Gasteiger partial charge < -0.3 is 14.2 Å². The molecule has 3 fully saturated rings. The fourth-order valence-electron chi connectivity index (χ4n) is 5.94. The van der Waals surface area contributed by atoms with Gasteiger partial charge in [-0.2, -0.15) is 0 Å². The van der Waals surface area contributed by atoms with Crippen LogP contribution in [-0.2, 0) is 17.7 Å². The minimum Gasteiger partial charge on any atom is -0.379 e. The standard InChI is InChI=1S/C24H35N5O/c1-2-19(3-1)27-11-8-24-25-22-18-21(4-5-23(22)29(24)13-12-27)26-9-6-20(7-10-26)28-14-16-30-17-15-28/h4-5,18-20H,1-3,6-17H2. The molecule has 2 aromatic rings. The summed E-state index contributed by atoms with van der Waals surface area (Å²) < 4.78 is 8.02. The first kappa shape index (κ1) is 19.1. The van der Waals surface area contributed by atoms with Crippen molar-refractivity contribution in [1.29, 1.82) is 0 Å². The van der Waals surface area contributed by atoms with E-state index in [1.54, 1.807) is 0 Å². The van der Waals surface area contributed by atoms with Crippen LogP contribution in [0.2, 0.25) is 0 Å². The summed E-state index contributed by atoms with van der Waals surface area (Å²) in [6, 6.07) is 8.58. The van der Waals surface area contributed by atoms with Gasteiger partial charge in [-0.3, -0.25) is 9.80 Å². The lowest BCUT2D eigenvalue weighted by Gasteiger charge is -2.40. The SMILES string of the molecule is c1cc2c(cc1N1CCC(N3CCOCC3)CC1)nc1n2CCN(C2CCC2)CC1. The number of rotatable bonds is 3. The third-order valence-corrected chi connectivity index (χ3v) is 8.03. The van der Waals surface area contributed by atoms with Crippen LogP contribution in [0.5, 0.6) is 0 Å². The Hall–Kier alpha value is -1.63. The highest BCUT2D eigenvalue weighted by atomic mass is 16.5. The number of imidazole rings is 1. The van der Waals surface area contributed by atoms with E-state index in [4.69, 9.17) is 9.72 Å². The third-order valence-electron chi connectivity index (χ3n) is 8.03. The topological polar surface area (TPSA) is 36.8 Å². The Kier molecular flexibility index (Phi) is 5.18. The molecule has 4 aliphatic rings. The molecule has 0 atom stereocenters. The molecule has 2 saturated heterocycles. The van der Waals surface area contributed by atoms with E-state index in [9.17, 15) is 0 Å². The predicted octanol–water partition coefficient (Wildman–Crippen LogP) is 2.75. The number of fused-ring (bicyclic) bond motifs is 3. The molecule has 6 heteroatoms. The monoisotopic (exact) mass is 409 g/mol. The van der Waals surface area contributed by atoms with Crippen LogP contribution in [-0.4, -0.2) is 83.9 Å². The van der Waals surface area contributed by atoms with Crippen molar-refractivity contribution in [3.63, 3.8) is 0 Å². The second-order valence-electron chi connectivity index (χ2n) is 9.59. The molecule has 30 heavy (non-hydrogen) atoms. The summed E-state index contributed by atoms with van der Waals surface area (Å²) in [6.07, 6.45) is 7.82. The fourth-order valence-corrected chi connectivity index (χ4v) is 5.94. The molecule has 162 valence electrons. The summed E-state index contributed by atoms with van der Waals surface area (Å²) >= 11 is 0. The van der Waals surface area contributed by atoms with Crippen molar-refractivity contribution < 1.29 is 4.74 Å². The number of piperidine rings is 1. The first-order valence-corrected chi connectivity index (χ1v) is 12.1. The van der Waals surface area contributed by atoms with E-state index in [0.29, 0.717) is 0 Å². The highest BCUT2D eigenvalue weighted by molar-refractivity contribution is 5.80. The molecule has 4 heterocycles. The van der Waals surface area contributed by atoms with Gasteiger partial charge in [0.15, 0.2) is 0 Å². The molecule has 6 nitrogen and oxygen atoms in total. The van der Waals surface area contributed by atoms with Gasteiger partial charge in [-0.25, -0.2) is 4.98 Å². The molecule has 6 rings (SSSR count). The van der Waals surface area contributed by atoms with Crippen LogP contribution < -0.4 is 4.90 Å². The highest BCUT2D eigenvalue weighted by Crippen LogP contribution is 2.30. The molecular weight excluding hydrogens is 374 g/mol. The van der Waals surface area contributed by atoms with Crippen molar-refractivity contribution in [3.8, 4) is 0 Å². The van der Waals surface area contributed by atoms with Gasteiger partial charge in [-0.15, -0.1) is 0 Å². The average molecular weight is 410 g/mol. The van der Waals surface area contributed by atoms with Crippen LogP contribution >= 0.6 is 0 Å². The second kappa shape index (κ2) is 8.13. The lowest BCUT2D eigenvalue weighted by Crippen LogP contribution is -2.49. The van der Waals surface area contributed by atoms with Crippen molar-refractivity contribution in [2.45, 2.75) is 57.2 Å². The number of benzene rings is 1. The summed E-state index contributed by atoms with van der Waals surface area (Å²) in [6.45, 7) is 9.77. The van der Waals surface area contributed by atoms with E-state index in [1.165, 1.54) is 67.7 Å². The lowest BCUT2D eigenvalue weighted by molar-refractivity contribution is 0.0115. The Bertz CT molecular complexity index is 877. The summed E-state index contributed by atoms with van der Waals surface area (Å²) in [5.74, 6) is 1.29. The van der Waals surface area contributed by atoms with E-state index in [0.717, 1.165) is 64.4 Å². The summed E-state index contributed by atoms with van der Waals surface area (Å²) in [5.41, 5.74) is 3.87. The Balaban J connectivity index is 1.14. The Morgan fingerprint density at radius 1 is 0.800 bits per heavy atom. The summed E-state index contributed by atoms with van der Waals surface area (Å²) in [4.78, 5) is 13.0. The minimum atomic E-state index is 0.733. The number of morpholine rings is 1. The van der Waals surface area contributed by atoms with E-state index in [-0.39, 0.29) is 0 Å². The summed E-state index contributed by atoms with van der Waals surface area (Å²) in [7, 11) is 0. The smallest absolute Gasteiger partial charge is 0.111 e. The number of hydrogen-bond donors (Lipinski definition) is 0. The van der Waals surface area contributed by atoms with Gasteiger partial charge in [-0.05, 0) is 43.9 Å². The van der Waals surface area contributed by atoms with Gasteiger partial charge in [0, 0.05) is 70.0 Å². The Morgan fingerprint density at radius 2 is 1.57 bits per heavy atom. The number of ether oxygens (including phenoxy) is 1. The molecule has 0 N–H and O–H groups in total. The predicted molar refractivity (Wildman–Crippen MR) is 120 cm³/mol. The quantitative estimate of drug-likeness (QED) is 0.779. The van der Waals surface area contributed by atoms with Crippen molar-refractivity contribution in [3.05, 3.63) is 24.0 Å². The van der Waals surface area contributed by atoms with Crippen LogP contribution in [0.15, 0.2) is 18.2 Å². The van der Waals surface area contributed by atoms with E-state index in [1.807, 2.05) is 0 Å². The maximum absolute atomic E-state index is 5.53. The largest absolute Gasteiger partial charge is 0.379 e. The number of anilines is 1. The molecular formula is C24H35N5O. The molecule has 1 aliphatic carbocycles. The fraction of sp³-hybridized carbons (Fsp3) is 0.708. The van der Waals surface area contributed by atoms with Crippen molar-refractivity contribution in [2.75, 3.05) is 57.4 Å². The molecule has 0 bridgehead atoms. The van der Waals surface area contributed by atoms with Gasteiger partial charge in [0.1, 0.15) is 5.82 Å². The molecule has 0 spiro atoms. The first-order valence-electron chi connectivity index (χ1n) is 12.1. The molecule has 0 radical (unpaired) electrons. The van der Waals surface area contributed by atoms with Crippen LogP contribution in [0.1, 0.15) is 37.9 Å².